The van der Waals surface area contributed by atoms with Crippen molar-refractivity contribution in [2.75, 3.05) is 13.7 Å². The van der Waals surface area contributed by atoms with Crippen LogP contribution >= 0.6 is 0 Å². The highest BCUT2D eigenvalue weighted by molar-refractivity contribution is 5.88. The Morgan fingerprint density at radius 1 is 1.06 bits per heavy atom. The van der Waals surface area contributed by atoms with Gasteiger partial charge in [-0.2, -0.15) is 0 Å². The lowest BCUT2D eigenvalue weighted by molar-refractivity contribution is -0.142. The molecule has 3 rings (SSSR count). The van der Waals surface area contributed by atoms with Gasteiger partial charge in [0.25, 0.3) is 5.91 Å². The molecule has 0 spiro atoms. The second-order valence-corrected chi connectivity index (χ2v) is 8.10. The predicted octanol–water partition coefficient (Wildman–Crippen LogP) is 4.08. The molecule has 2 amide bonds. The monoisotopic (exact) mass is 442 g/mol. The summed E-state index contributed by atoms with van der Waals surface area (Å²) in [6, 6.07) is 12.5. The van der Waals surface area contributed by atoms with Crippen LogP contribution in [0.3, 0.4) is 0 Å². The van der Waals surface area contributed by atoms with Gasteiger partial charge in [0.2, 0.25) is 5.91 Å². The highest BCUT2D eigenvalue weighted by Crippen LogP contribution is 2.20. The lowest BCUT2D eigenvalue weighted by atomic mass is 9.95. The molecule has 0 aliphatic heterocycles. The third kappa shape index (κ3) is 6.45. The first-order valence-corrected chi connectivity index (χ1v) is 11.1. The highest BCUT2D eigenvalue weighted by Gasteiger charge is 2.29. The van der Waals surface area contributed by atoms with E-state index in [-0.39, 0.29) is 25.1 Å². The van der Waals surface area contributed by atoms with Gasteiger partial charge in [0.05, 0.1) is 7.11 Å². The van der Waals surface area contributed by atoms with Gasteiger partial charge in [-0.05, 0) is 50.1 Å². The average molecular weight is 443 g/mol. The quantitative estimate of drug-likeness (QED) is 0.636. The first kappa shape index (κ1) is 23.6. The maximum atomic E-state index is 14.3. The molecule has 0 heterocycles. The van der Waals surface area contributed by atoms with Crippen molar-refractivity contribution in [2.24, 2.45) is 0 Å². The fourth-order valence-electron chi connectivity index (χ4n) is 3.86. The summed E-state index contributed by atoms with van der Waals surface area (Å²) in [6.07, 6.45) is 5.25. The number of carbonyl (C=O) groups is 2. The molecule has 1 N–H and O–H groups in total. The Morgan fingerprint density at radius 3 is 2.38 bits per heavy atom. The molecule has 0 radical (unpaired) electrons. The van der Waals surface area contributed by atoms with Gasteiger partial charge in [0, 0.05) is 18.2 Å². The van der Waals surface area contributed by atoms with E-state index in [0.717, 1.165) is 25.7 Å². The fourth-order valence-corrected chi connectivity index (χ4v) is 3.86. The Hall–Kier alpha value is -3.09. The van der Waals surface area contributed by atoms with E-state index in [1.54, 1.807) is 56.5 Å². The summed E-state index contributed by atoms with van der Waals surface area (Å²) in [4.78, 5) is 27.4. The second-order valence-electron chi connectivity index (χ2n) is 8.10. The van der Waals surface area contributed by atoms with Crippen LogP contribution in [0.2, 0.25) is 0 Å². The van der Waals surface area contributed by atoms with Crippen LogP contribution in [-0.2, 0) is 16.1 Å². The maximum Gasteiger partial charge on any atom is 0.261 e. The van der Waals surface area contributed by atoms with Gasteiger partial charge in [-0.1, -0.05) is 37.5 Å². The van der Waals surface area contributed by atoms with Crippen molar-refractivity contribution >= 4 is 11.8 Å². The molecule has 2 aromatic rings. The average Bonchev–Trinajstić information content (AvgIpc) is 2.82. The van der Waals surface area contributed by atoms with Crippen molar-refractivity contribution < 1.29 is 23.5 Å². The molecule has 6 nitrogen and oxygen atoms in total. The van der Waals surface area contributed by atoms with Crippen molar-refractivity contribution in [3.05, 3.63) is 59.9 Å². The van der Waals surface area contributed by atoms with Gasteiger partial charge < -0.3 is 19.7 Å². The summed E-state index contributed by atoms with van der Waals surface area (Å²) in [6.45, 7) is 1.39. The summed E-state index contributed by atoms with van der Waals surface area (Å²) in [5, 5.41) is 3.06. The first-order valence-electron chi connectivity index (χ1n) is 11.1. The number of hydrogen-bond acceptors (Lipinski definition) is 4. The lowest BCUT2D eigenvalue weighted by Crippen LogP contribution is -2.51. The number of carbonyl (C=O) groups excluding carboxylic acids is 2. The molecule has 0 saturated heterocycles. The van der Waals surface area contributed by atoms with E-state index in [2.05, 4.69) is 5.32 Å². The smallest absolute Gasteiger partial charge is 0.261 e. The largest absolute Gasteiger partial charge is 0.497 e. The molecule has 1 unspecified atom stereocenters. The van der Waals surface area contributed by atoms with E-state index in [4.69, 9.17) is 9.47 Å². The Balaban J connectivity index is 1.70. The molecule has 1 saturated carbocycles. The van der Waals surface area contributed by atoms with Crippen LogP contribution in [0.4, 0.5) is 4.39 Å². The van der Waals surface area contributed by atoms with E-state index < -0.39 is 17.8 Å². The van der Waals surface area contributed by atoms with Crippen LogP contribution in [-0.4, -0.2) is 42.5 Å². The fraction of sp³-hybridized carbons (Fsp3) is 0.440. The molecule has 1 fully saturated rings. The van der Waals surface area contributed by atoms with Crippen LogP contribution in [0.5, 0.6) is 11.5 Å². The highest BCUT2D eigenvalue weighted by atomic mass is 19.1. The first-order chi connectivity index (χ1) is 15.5. The Labute approximate surface area is 188 Å². The molecule has 2 aromatic carbocycles. The Kier molecular flexibility index (Phi) is 8.48. The number of rotatable bonds is 9. The normalized spacial score (nSPS) is 15.0. The molecule has 32 heavy (non-hydrogen) atoms. The SMILES string of the molecule is COc1ccc(OCC(=O)N(Cc2ccccc2F)C(C)C(=O)NC2CCCCC2)cc1. The van der Waals surface area contributed by atoms with Gasteiger partial charge in [-0.15, -0.1) is 0 Å². The standard InChI is InChI=1S/C25H31FN2O4/c1-18(25(30)27-20-9-4-3-5-10-20)28(16-19-8-6-7-11-23(19)26)24(29)17-32-22-14-12-21(31-2)13-15-22/h6-8,11-15,18,20H,3-5,9-10,16-17H2,1-2H3,(H,27,30). The molecule has 1 atom stereocenters. The third-order valence-corrected chi connectivity index (χ3v) is 5.84. The zero-order valence-corrected chi connectivity index (χ0v) is 18.7. The minimum Gasteiger partial charge on any atom is -0.497 e. The van der Waals surface area contributed by atoms with Crippen molar-refractivity contribution in [3.8, 4) is 11.5 Å². The van der Waals surface area contributed by atoms with Crippen LogP contribution in [0.1, 0.15) is 44.6 Å². The molecule has 7 heteroatoms. The summed E-state index contributed by atoms with van der Waals surface area (Å²) < 4.78 is 25.0. The molecule has 0 aromatic heterocycles. The van der Waals surface area contributed by atoms with Crippen molar-refractivity contribution in [2.45, 2.75) is 57.7 Å². The summed E-state index contributed by atoms with van der Waals surface area (Å²) in [5.41, 5.74) is 0.350. The van der Waals surface area contributed by atoms with E-state index in [9.17, 15) is 14.0 Å². The van der Waals surface area contributed by atoms with E-state index in [0.29, 0.717) is 17.1 Å². The summed E-state index contributed by atoms with van der Waals surface area (Å²) >= 11 is 0. The minimum atomic E-state index is -0.761. The number of nitrogens with zero attached hydrogens (tertiary/aromatic N) is 1. The maximum absolute atomic E-state index is 14.3. The number of nitrogens with one attached hydrogen (secondary N) is 1. The van der Waals surface area contributed by atoms with Crippen LogP contribution < -0.4 is 14.8 Å². The molecule has 1 aliphatic carbocycles. The van der Waals surface area contributed by atoms with Gasteiger partial charge in [-0.25, -0.2) is 4.39 Å². The van der Waals surface area contributed by atoms with Gasteiger partial charge >= 0.3 is 0 Å². The van der Waals surface area contributed by atoms with E-state index >= 15 is 0 Å². The Bertz CT molecular complexity index is 897. The number of amides is 2. The number of halogens is 1. The number of methoxy groups -OCH3 is 1. The minimum absolute atomic E-state index is 0.0171. The van der Waals surface area contributed by atoms with Gasteiger partial charge in [-0.3, -0.25) is 9.59 Å². The molecular weight excluding hydrogens is 411 g/mol. The second kappa shape index (κ2) is 11.5. The van der Waals surface area contributed by atoms with Crippen LogP contribution in [0.25, 0.3) is 0 Å². The number of hydrogen-bond donors (Lipinski definition) is 1. The predicted molar refractivity (Wildman–Crippen MR) is 120 cm³/mol. The molecular formula is C25H31FN2O4. The molecule has 172 valence electrons. The lowest BCUT2D eigenvalue weighted by Gasteiger charge is -2.31. The van der Waals surface area contributed by atoms with E-state index in [1.165, 1.54) is 17.4 Å². The summed E-state index contributed by atoms with van der Waals surface area (Å²) in [7, 11) is 1.57. The molecule has 0 bridgehead atoms. The number of ether oxygens (including phenoxy) is 2. The van der Waals surface area contributed by atoms with Gasteiger partial charge in [0.1, 0.15) is 23.4 Å². The Morgan fingerprint density at radius 2 is 1.72 bits per heavy atom. The van der Waals surface area contributed by atoms with Crippen molar-refractivity contribution in [1.82, 2.24) is 10.2 Å². The number of benzene rings is 2. The zero-order valence-electron chi connectivity index (χ0n) is 18.7. The molecule has 1 aliphatic rings. The third-order valence-electron chi connectivity index (χ3n) is 5.84. The van der Waals surface area contributed by atoms with E-state index in [1.807, 2.05) is 0 Å². The van der Waals surface area contributed by atoms with Crippen LogP contribution in [0, 0.1) is 5.82 Å². The van der Waals surface area contributed by atoms with Crippen molar-refractivity contribution in [3.63, 3.8) is 0 Å². The van der Waals surface area contributed by atoms with Crippen LogP contribution in [0.15, 0.2) is 48.5 Å². The summed E-state index contributed by atoms with van der Waals surface area (Å²) in [5.74, 6) is 0.143. The topological polar surface area (TPSA) is 67.9 Å². The van der Waals surface area contributed by atoms with Crippen molar-refractivity contribution in [1.29, 1.82) is 0 Å². The zero-order chi connectivity index (χ0) is 22.9. The van der Waals surface area contributed by atoms with Gasteiger partial charge in [0.15, 0.2) is 6.61 Å².